The first-order valence-corrected chi connectivity index (χ1v) is 12.9. The first-order valence-electron chi connectivity index (χ1n) is 12.9. The van der Waals surface area contributed by atoms with Crippen LogP contribution in [0.3, 0.4) is 0 Å². The summed E-state index contributed by atoms with van der Waals surface area (Å²) in [5, 5.41) is 0. The molecule has 27 heavy (non-hydrogen) atoms. The highest BCUT2D eigenvalue weighted by Gasteiger charge is 2.59. The van der Waals surface area contributed by atoms with Crippen molar-refractivity contribution in [2.75, 3.05) is 0 Å². The summed E-state index contributed by atoms with van der Waals surface area (Å²) >= 11 is 0. The van der Waals surface area contributed by atoms with E-state index in [-0.39, 0.29) is 0 Å². The van der Waals surface area contributed by atoms with Crippen molar-refractivity contribution in [3.8, 4) is 0 Å². The smallest absolute Gasteiger partial charge is 0.0264 e. The zero-order valence-corrected chi connectivity index (χ0v) is 19.2. The molecule has 0 unspecified atom stereocenters. The fraction of sp³-hybridized carbons (Fsp3) is 1.00. The summed E-state index contributed by atoms with van der Waals surface area (Å²) in [6.07, 6.45) is 19.9. The molecule has 0 heterocycles. The van der Waals surface area contributed by atoms with Gasteiger partial charge in [0.1, 0.15) is 0 Å². The average molecular weight is 373 g/mol. The van der Waals surface area contributed by atoms with Gasteiger partial charge < -0.3 is 0 Å². The van der Waals surface area contributed by atoms with Gasteiger partial charge in [-0.15, -0.1) is 0 Å². The van der Waals surface area contributed by atoms with Gasteiger partial charge in [-0.25, -0.2) is 0 Å². The Labute approximate surface area is 170 Å². The highest BCUT2D eigenvalue weighted by Crippen LogP contribution is 2.68. The Morgan fingerprint density at radius 1 is 0.741 bits per heavy atom. The van der Waals surface area contributed by atoms with Gasteiger partial charge in [-0.3, -0.25) is 0 Å². The molecule has 4 saturated carbocycles. The Morgan fingerprint density at radius 2 is 1.52 bits per heavy atom. The molecule has 0 radical (unpaired) electrons. The Bertz CT molecular complexity index is 506. The number of fused-ring (bicyclic) bond motifs is 5. The van der Waals surface area contributed by atoms with Crippen LogP contribution in [0.5, 0.6) is 0 Å². The van der Waals surface area contributed by atoms with Gasteiger partial charge in [-0.05, 0) is 104 Å². The maximum atomic E-state index is 2.75. The van der Waals surface area contributed by atoms with Crippen molar-refractivity contribution in [2.45, 2.75) is 118 Å². The Morgan fingerprint density at radius 3 is 2.30 bits per heavy atom. The van der Waals surface area contributed by atoms with Crippen molar-refractivity contribution >= 4 is 0 Å². The van der Waals surface area contributed by atoms with Gasteiger partial charge in [0.25, 0.3) is 0 Å². The third-order valence-corrected chi connectivity index (χ3v) is 10.8. The lowest BCUT2D eigenvalue weighted by Gasteiger charge is -2.61. The van der Waals surface area contributed by atoms with E-state index in [2.05, 4.69) is 34.6 Å². The molecule has 4 aliphatic rings. The minimum absolute atomic E-state index is 0.677. The SMILES string of the molecule is CC(C)CCC[C@H](C)[C@@H]1CC[C@H]2[C@@H]3CC[C@H]4CCCC[C@]4(C)[C@H]3CC[C@@]21C. The van der Waals surface area contributed by atoms with E-state index in [1.807, 2.05) is 0 Å². The third-order valence-electron chi connectivity index (χ3n) is 10.8. The van der Waals surface area contributed by atoms with E-state index >= 15 is 0 Å². The monoisotopic (exact) mass is 372 g/mol. The molecule has 8 atom stereocenters. The van der Waals surface area contributed by atoms with Crippen molar-refractivity contribution in [3.63, 3.8) is 0 Å². The normalized spacial score (nSPS) is 48.0. The summed E-state index contributed by atoms with van der Waals surface area (Å²) in [5.74, 6) is 7.15. The maximum absolute atomic E-state index is 2.75. The van der Waals surface area contributed by atoms with Gasteiger partial charge in [0.2, 0.25) is 0 Å². The molecule has 0 bridgehead atoms. The van der Waals surface area contributed by atoms with E-state index in [9.17, 15) is 0 Å². The third kappa shape index (κ3) is 3.44. The second-order valence-electron chi connectivity index (χ2n) is 12.4. The Hall–Kier alpha value is 0. The van der Waals surface area contributed by atoms with Crippen LogP contribution >= 0.6 is 0 Å². The van der Waals surface area contributed by atoms with Crippen LogP contribution in [0.25, 0.3) is 0 Å². The summed E-state index contributed by atoms with van der Waals surface area (Å²) in [4.78, 5) is 0. The first kappa shape index (κ1) is 20.3. The van der Waals surface area contributed by atoms with E-state index in [0.717, 1.165) is 41.4 Å². The molecule has 4 rings (SSSR count). The summed E-state index contributed by atoms with van der Waals surface area (Å²) in [6, 6.07) is 0. The first-order chi connectivity index (χ1) is 12.9. The van der Waals surface area contributed by atoms with Crippen molar-refractivity contribution in [2.24, 2.45) is 52.3 Å². The van der Waals surface area contributed by atoms with E-state index in [1.54, 1.807) is 51.4 Å². The molecule has 0 saturated heterocycles. The van der Waals surface area contributed by atoms with E-state index in [0.29, 0.717) is 10.8 Å². The van der Waals surface area contributed by atoms with Crippen LogP contribution in [-0.4, -0.2) is 0 Å². The predicted octanol–water partition coefficient (Wildman–Crippen LogP) is 8.50. The second-order valence-corrected chi connectivity index (χ2v) is 12.4. The summed E-state index contributed by atoms with van der Waals surface area (Å²) < 4.78 is 0. The Balaban J connectivity index is 1.46. The number of hydrogen-bond donors (Lipinski definition) is 0. The summed E-state index contributed by atoms with van der Waals surface area (Å²) in [6.45, 7) is 12.9. The molecule has 0 aromatic carbocycles. The largest absolute Gasteiger partial charge is 0.0628 e. The van der Waals surface area contributed by atoms with Crippen molar-refractivity contribution in [3.05, 3.63) is 0 Å². The quantitative estimate of drug-likeness (QED) is 0.453. The molecule has 156 valence electrons. The van der Waals surface area contributed by atoms with Gasteiger partial charge >= 0.3 is 0 Å². The van der Waals surface area contributed by atoms with Crippen LogP contribution in [0.1, 0.15) is 118 Å². The highest BCUT2D eigenvalue weighted by atomic mass is 14.6. The van der Waals surface area contributed by atoms with Gasteiger partial charge in [0.15, 0.2) is 0 Å². The molecule has 0 aliphatic heterocycles. The fourth-order valence-corrected chi connectivity index (χ4v) is 9.32. The van der Waals surface area contributed by atoms with Gasteiger partial charge in [-0.1, -0.05) is 66.7 Å². The molecule has 0 aromatic rings. The lowest BCUT2D eigenvalue weighted by molar-refractivity contribution is -0.114. The van der Waals surface area contributed by atoms with Crippen molar-refractivity contribution in [1.82, 2.24) is 0 Å². The molecule has 4 fully saturated rings. The zero-order valence-electron chi connectivity index (χ0n) is 19.2. The molecule has 0 spiro atoms. The molecular formula is C27H48. The standard InChI is InChI=1S/C27H48/c1-19(2)9-8-10-20(3)23-14-15-24-22-13-12-21-11-6-7-17-26(21,4)25(22)16-18-27(23,24)5/h19-25H,6-18H2,1-5H3/t20-,21+,22-,23-,24-,25-,26-,27+/m0/s1. The van der Waals surface area contributed by atoms with Crippen LogP contribution in [0.2, 0.25) is 0 Å². The second kappa shape index (κ2) is 7.68. The minimum atomic E-state index is 0.677. The van der Waals surface area contributed by atoms with E-state index in [4.69, 9.17) is 0 Å². The summed E-state index contributed by atoms with van der Waals surface area (Å²) in [7, 11) is 0. The molecular weight excluding hydrogens is 324 g/mol. The number of hydrogen-bond acceptors (Lipinski definition) is 0. The summed E-state index contributed by atoms with van der Waals surface area (Å²) in [5.41, 5.74) is 1.39. The topological polar surface area (TPSA) is 0 Å². The molecule has 0 heteroatoms. The minimum Gasteiger partial charge on any atom is -0.0628 e. The lowest BCUT2D eigenvalue weighted by atomic mass is 9.44. The van der Waals surface area contributed by atoms with Crippen LogP contribution < -0.4 is 0 Å². The highest BCUT2D eigenvalue weighted by molar-refractivity contribution is 5.09. The van der Waals surface area contributed by atoms with Crippen LogP contribution in [-0.2, 0) is 0 Å². The average Bonchev–Trinajstić information content (AvgIpc) is 2.98. The van der Waals surface area contributed by atoms with Crippen LogP contribution in [0.15, 0.2) is 0 Å². The van der Waals surface area contributed by atoms with Crippen LogP contribution in [0, 0.1) is 52.3 Å². The van der Waals surface area contributed by atoms with E-state index in [1.165, 1.54) is 32.1 Å². The fourth-order valence-electron chi connectivity index (χ4n) is 9.32. The zero-order chi connectivity index (χ0) is 19.2. The van der Waals surface area contributed by atoms with E-state index < -0.39 is 0 Å². The van der Waals surface area contributed by atoms with Gasteiger partial charge in [-0.2, -0.15) is 0 Å². The molecule has 0 aromatic heterocycles. The van der Waals surface area contributed by atoms with Gasteiger partial charge in [0, 0.05) is 0 Å². The molecule has 0 nitrogen and oxygen atoms in total. The predicted molar refractivity (Wildman–Crippen MR) is 118 cm³/mol. The molecule has 0 N–H and O–H groups in total. The van der Waals surface area contributed by atoms with Crippen molar-refractivity contribution in [1.29, 1.82) is 0 Å². The lowest BCUT2D eigenvalue weighted by Crippen LogP contribution is -2.53. The number of rotatable bonds is 5. The maximum Gasteiger partial charge on any atom is -0.0264 e. The van der Waals surface area contributed by atoms with Crippen molar-refractivity contribution < 1.29 is 0 Å². The molecule has 4 aliphatic carbocycles. The van der Waals surface area contributed by atoms with Crippen LogP contribution in [0.4, 0.5) is 0 Å². The Kier molecular flexibility index (Phi) is 5.77. The molecule has 0 amide bonds. The van der Waals surface area contributed by atoms with Gasteiger partial charge in [0.05, 0.1) is 0 Å².